The van der Waals surface area contributed by atoms with E-state index in [4.69, 9.17) is 4.74 Å². The predicted molar refractivity (Wildman–Crippen MR) is 109 cm³/mol. The van der Waals surface area contributed by atoms with Gasteiger partial charge in [0.15, 0.2) is 0 Å². The lowest BCUT2D eigenvalue weighted by Gasteiger charge is -2.28. The van der Waals surface area contributed by atoms with Gasteiger partial charge < -0.3 is 9.64 Å². The lowest BCUT2D eigenvalue weighted by molar-refractivity contribution is 0.411. The lowest BCUT2D eigenvalue weighted by Crippen LogP contribution is -2.29. The quantitative estimate of drug-likeness (QED) is 0.667. The van der Waals surface area contributed by atoms with Crippen molar-refractivity contribution >= 4 is 44.0 Å². The molecule has 0 saturated carbocycles. The maximum atomic E-state index is 12.6. The van der Waals surface area contributed by atoms with Crippen LogP contribution in [0.1, 0.15) is 19.3 Å². The van der Waals surface area contributed by atoms with Crippen molar-refractivity contribution in [1.29, 1.82) is 0 Å². The Morgan fingerprint density at radius 3 is 2.32 bits per heavy atom. The van der Waals surface area contributed by atoms with Crippen molar-refractivity contribution in [2.45, 2.75) is 24.2 Å². The molecule has 2 aromatic rings. The average Bonchev–Trinajstić information content (AvgIpc) is 2.62. The normalized spacial score (nSPS) is 15.0. The van der Waals surface area contributed by atoms with E-state index in [0.717, 1.165) is 22.3 Å². The van der Waals surface area contributed by atoms with Crippen LogP contribution in [0.2, 0.25) is 0 Å². The molecule has 1 saturated heterocycles. The van der Waals surface area contributed by atoms with Gasteiger partial charge in [-0.15, -0.1) is 0 Å². The number of nitrogens with zero attached hydrogens (tertiary/aromatic N) is 1. The van der Waals surface area contributed by atoms with Crippen LogP contribution in [0.15, 0.2) is 47.4 Å². The largest absolute Gasteiger partial charge is 0.496 e. The number of hydrogen-bond acceptors (Lipinski definition) is 4. The number of piperidine rings is 1. The van der Waals surface area contributed by atoms with E-state index in [1.54, 1.807) is 25.3 Å². The Morgan fingerprint density at radius 2 is 1.72 bits per heavy atom. The van der Waals surface area contributed by atoms with Crippen molar-refractivity contribution in [1.82, 2.24) is 0 Å². The van der Waals surface area contributed by atoms with E-state index in [0.29, 0.717) is 11.4 Å². The Kier molecular flexibility index (Phi) is 5.73. The van der Waals surface area contributed by atoms with Crippen molar-refractivity contribution in [2.75, 3.05) is 29.8 Å². The fraction of sp³-hybridized carbons (Fsp3) is 0.333. The summed E-state index contributed by atoms with van der Waals surface area (Å²) in [6.45, 7) is 2.13. The third-order valence-corrected chi connectivity index (χ3v) is 6.50. The van der Waals surface area contributed by atoms with E-state index in [1.807, 2.05) is 24.3 Å². The molecule has 134 valence electrons. The molecule has 5 nitrogen and oxygen atoms in total. The van der Waals surface area contributed by atoms with E-state index in [-0.39, 0.29) is 4.90 Å². The molecule has 25 heavy (non-hydrogen) atoms. The molecule has 2 aromatic carbocycles. The van der Waals surface area contributed by atoms with Crippen LogP contribution in [0.4, 0.5) is 11.4 Å². The first-order chi connectivity index (χ1) is 12.0. The van der Waals surface area contributed by atoms with Crippen molar-refractivity contribution in [3.8, 4) is 5.75 Å². The molecule has 0 aromatic heterocycles. The van der Waals surface area contributed by atoms with Crippen molar-refractivity contribution < 1.29 is 13.2 Å². The number of anilines is 2. The molecule has 0 amide bonds. The smallest absolute Gasteiger partial charge is 0.261 e. The molecular weight excluding hydrogens is 451 g/mol. The minimum Gasteiger partial charge on any atom is -0.496 e. The van der Waals surface area contributed by atoms with E-state index < -0.39 is 10.0 Å². The van der Waals surface area contributed by atoms with Gasteiger partial charge in [0.1, 0.15) is 5.75 Å². The zero-order valence-corrected chi connectivity index (χ0v) is 17.0. The summed E-state index contributed by atoms with van der Waals surface area (Å²) < 4.78 is 33.7. The van der Waals surface area contributed by atoms with Crippen LogP contribution in [-0.4, -0.2) is 28.6 Å². The Hall–Kier alpha value is -1.48. The van der Waals surface area contributed by atoms with Crippen LogP contribution in [0.25, 0.3) is 0 Å². The van der Waals surface area contributed by atoms with Crippen LogP contribution in [-0.2, 0) is 10.0 Å². The monoisotopic (exact) mass is 472 g/mol. The summed E-state index contributed by atoms with van der Waals surface area (Å²) in [5.41, 5.74) is 1.70. The van der Waals surface area contributed by atoms with Gasteiger partial charge >= 0.3 is 0 Å². The first kappa shape index (κ1) is 18.3. The third-order valence-electron chi connectivity index (χ3n) is 4.27. The first-order valence-electron chi connectivity index (χ1n) is 8.21. The summed E-state index contributed by atoms with van der Waals surface area (Å²) in [5, 5.41) is 0. The maximum absolute atomic E-state index is 12.6. The Balaban J connectivity index is 1.75. The molecule has 0 bridgehead atoms. The number of sulfonamides is 1. The van der Waals surface area contributed by atoms with Crippen LogP contribution in [0.3, 0.4) is 0 Å². The molecule has 0 radical (unpaired) electrons. The molecule has 1 heterocycles. The number of halogens is 1. The molecule has 3 rings (SSSR count). The fourth-order valence-electron chi connectivity index (χ4n) is 2.92. The number of ether oxygens (including phenoxy) is 1. The van der Waals surface area contributed by atoms with E-state index in [1.165, 1.54) is 19.3 Å². The summed E-state index contributed by atoms with van der Waals surface area (Å²) >= 11 is 2.06. The molecule has 0 spiro atoms. The summed E-state index contributed by atoms with van der Waals surface area (Å²) in [4.78, 5) is 2.56. The lowest BCUT2D eigenvalue weighted by atomic mass is 10.1. The van der Waals surface area contributed by atoms with Gasteiger partial charge in [0, 0.05) is 24.5 Å². The molecule has 1 aliphatic rings. The summed E-state index contributed by atoms with van der Waals surface area (Å²) in [6, 6.07) is 12.4. The Morgan fingerprint density at radius 1 is 1.04 bits per heavy atom. The fourth-order valence-corrected chi connectivity index (χ4v) is 4.95. The Bertz CT molecular complexity index is 832. The highest BCUT2D eigenvalue weighted by atomic mass is 127. The standard InChI is InChI=1S/C18H21IN2O3S/c1-24-18-10-9-16(13-17(18)19)25(22,23)20-14-5-7-15(8-6-14)21-11-3-2-4-12-21/h5-10,13,20H,2-4,11-12H2,1H3. The Labute approximate surface area is 162 Å². The minimum atomic E-state index is -3.62. The zero-order valence-electron chi connectivity index (χ0n) is 14.0. The predicted octanol–water partition coefficient (Wildman–Crippen LogP) is 4.09. The van der Waals surface area contributed by atoms with Crippen molar-refractivity contribution in [3.05, 3.63) is 46.0 Å². The van der Waals surface area contributed by atoms with Gasteiger partial charge in [0.25, 0.3) is 10.0 Å². The average molecular weight is 472 g/mol. The van der Waals surface area contributed by atoms with Gasteiger partial charge in [-0.1, -0.05) is 0 Å². The van der Waals surface area contributed by atoms with E-state index in [9.17, 15) is 8.42 Å². The molecule has 1 N–H and O–H groups in total. The number of nitrogens with one attached hydrogen (secondary N) is 1. The van der Waals surface area contributed by atoms with Gasteiger partial charge in [0.05, 0.1) is 15.6 Å². The van der Waals surface area contributed by atoms with Crippen LogP contribution < -0.4 is 14.4 Å². The highest BCUT2D eigenvalue weighted by Crippen LogP contribution is 2.26. The molecule has 1 fully saturated rings. The molecule has 0 unspecified atom stereocenters. The van der Waals surface area contributed by atoms with Gasteiger partial charge in [-0.05, 0) is 84.3 Å². The third kappa shape index (κ3) is 4.38. The second kappa shape index (κ2) is 7.82. The number of rotatable bonds is 5. The summed E-state index contributed by atoms with van der Waals surface area (Å²) in [7, 11) is -2.06. The van der Waals surface area contributed by atoms with Crippen LogP contribution >= 0.6 is 22.6 Å². The van der Waals surface area contributed by atoms with E-state index >= 15 is 0 Å². The molecule has 1 aliphatic heterocycles. The van der Waals surface area contributed by atoms with Crippen LogP contribution in [0.5, 0.6) is 5.75 Å². The molecule has 7 heteroatoms. The van der Waals surface area contributed by atoms with Gasteiger partial charge in [-0.25, -0.2) is 8.42 Å². The highest BCUT2D eigenvalue weighted by molar-refractivity contribution is 14.1. The topological polar surface area (TPSA) is 58.6 Å². The van der Waals surface area contributed by atoms with Gasteiger partial charge in [0.2, 0.25) is 0 Å². The van der Waals surface area contributed by atoms with E-state index in [2.05, 4.69) is 32.2 Å². The highest BCUT2D eigenvalue weighted by Gasteiger charge is 2.17. The number of methoxy groups -OCH3 is 1. The summed E-state index contributed by atoms with van der Waals surface area (Å²) in [6.07, 6.45) is 3.71. The second-order valence-electron chi connectivity index (χ2n) is 6.00. The van der Waals surface area contributed by atoms with Gasteiger partial charge in [-0.3, -0.25) is 4.72 Å². The van der Waals surface area contributed by atoms with Crippen LogP contribution in [0, 0.1) is 3.57 Å². The molecule has 0 atom stereocenters. The number of benzene rings is 2. The van der Waals surface area contributed by atoms with Crippen molar-refractivity contribution in [2.24, 2.45) is 0 Å². The minimum absolute atomic E-state index is 0.220. The zero-order chi connectivity index (χ0) is 17.9. The molecule has 0 aliphatic carbocycles. The second-order valence-corrected chi connectivity index (χ2v) is 8.84. The van der Waals surface area contributed by atoms with Gasteiger partial charge in [-0.2, -0.15) is 0 Å². The number of hydrogen-bond donors (Lipinski definition) is 1. The SMILES string of the molecule is COc1ccc(S(=O)(=O)Nc2ccc(N3CCCCC3)cc2)cc1I. The molecular formula is C18H21IN2O3S. The first-order valence-corrected chi connectivity index (χ1v) is 10.8. The summed E-state index contributed by atoms with van der Waals surface area (Å²) in [5.74, 6) is 0.658. The van der Waals surface area contributed by atoms with Crippen molar-refractivity contribution in [3.63, 3.8) is 0 Å². The maximum Gasteiger partial charge on any atom is 0.261 e.